The number of rotatable bonds is 4. The van der Waals surface area contributed by atoms with Crippen LogP contribution in [0.3, 0.4) is 0 Å². The SMILES string of the molecule is COCn1c(C)c(C)c2cc(C(=O)N3CCCCC3)nc(N3CCc4ccccc4C3)c21. The van der Waals surface area contributed by atoms with Gasteiger partial charge in [-0.25, -0.2) is 4.98 Å². The molecular weight excluding hydrogens is 400 g/mol. The zero-order chi connectivity index (χ0) is 22.2. The first kappa shape index (κ1) is 21.0. The van der Waals surface area contributed by atoms with Crippen molar-refractivity contribution in [2.75, 3.05) is 31.6 Å². The molecule has 4 heterocycles. The van der Waals surface area contributed by atoms with Crippen molar-refractivity contribution in [3.05, 3.63) is 58.4 Å². The summed E-state index contributed by atoms with van der Waals surface area (Å²) in [6, 6.07) is 10.6. The number of pyridine rings is 1. The second-order valence-corrected chi connectivity index (χ2v) is 9.08. The number of ether oxygens (including phenoxy) is 1. The molecule has 1 amide bonds. The van der Waals surface area contributed by atoms with Crippen LogP contribution >= 0.6 is 0 Å². The second-order valence-electron chi connectivity index (χ2n) is 9.08. The number of aryl methyl sites for hydroxylation is 1. The first-order valence-corrected chi connectivity index (χ1v) is 11.7. The van der Waals surface area contributed by atoms with Crippen LogP contribution in [0.25, 0.3) is 10.9 Å². The number of piperidine rings is 1. The van der Waals surface area contributed by atoms with E-state index >= 15 is 0 Å². The number of amides is 1. The smallest absolute Gasteiger partial charge is 0.272 e. The highest BCUT2D eigenvalue weighted by Crippen LogP contribution is 2.35. The Hall–Kier alpha value is -2.86. The number of hydrogen-bond donors (Lipinski definition) is 0. The van der Waals surface area contributed by atoms with Crippen molar-refractivity contribution in [2.24, 2.45) is 0 Å². The lowest BCUT2D eigenvalue weighted by atomic mass is 10.00. The lowest BCUT2D eigenvalue weighted by molar-refractivity contribution is 0.0718. The third kappa shape index (κ3) is 3.56. The van der Waals surface area contributed by atoms with Crippen molar-refractivity contribution < 1.29 is 9.53 Å². The number of fused-ring (bicyclic) bond motifs is 2. The lowest BCUT2D eigenvalue weighted by Gasteiger charge is -2.31. The molecule has 0 saturated carbocycles. The van der Waals surface area contributed by atoms with Gasteiger partial charge in [-0.1, -0.05) is 24.3 Å². The quantitative estimate of drug-likeness (QED) is 0.611. The van der Waals surface area contributed by atoms with E-state index in [-0.39, 0.29) is 5.91 Å². The zero-order valence-corrected chi connectivity index (χ0v) is 19.4. The fourth-order valence-corrected chi connectivity index (χ4v) is 5.20. The van der Waals surface area contributed by atoms with E-state index in [9.17, 15) is 4.79 Å². The third-order valence-electron chi connectivity index (χ3n) is 7.15. The maximum atomic E-state index is 13.4. The van der Waals surface area contributed by atoms with E-state index in [1.54, 1.807) is 7.11 Å². The van der Waals surface area contributed by atoms with Gasteiger partial charge in [0.15, 0.2) is 5.82 Å². The maximum Gasteiger partial charge on any atom is 0.272 e. The number of aromatic nitrogens is 2. The molecule has 0 aliphatic carbocycles. The Morgan fingerprint density at radius 1 is 1.06 bits per heavy atom. The normalized spacial score (nSPS) is 16.5. The second kappa shape index (κ2) is 8.58. The molecule has 1 saturated heterocycles. The molecule has 0 unspecified atom stereocenters. The summed E-state index contributed by atoms with van der Waals surface area (Å²) >= 11 is 0. The van der Waals surface area contributed by atoms with E-state index in [0.717, 1.165) is 67.9 Å². The summed E-state index contributed by atoms with van der Waals surface area (Å²) in [6.45, 7) is 8.06. The van der Waals surface area contributed by atoms with Gasteiger partial charge >= 0.3 is 0 Å². The first-order valence-electron chi connectivity index (χ1n) is 11.7. The number of likely N-dealkylation sites (tertiary alicyclic amines) is 1. The summed E-state index contributed by atoms with van der Waals surface area (Å²) in [4.78, 5) is 22.8. The van der Waals surface area contributed by atoms with Crippen LogP contribution in [0.4, 0.5) is 5.82 Å². The first-order chi connectivity index (χ1) is 15.6. The molecule has 2 aliphatic heterocycles. The molecular formula is C26H32N4O2. The van der Waals surface area contributed by atoms with Gasteiger partial charge in [-0.2, -0.15) is 0 Å². The minimum Gasteiger partial charge on any atom is -0.364 e. The average molecular weight is 433 g/mol. The molecule has 6 heteroatoms. The van der Waals surface area contributed by atoms with E-state index in [0.29, 0.717) is 12.4 Å². The summed E-state index contributed by atoms with van der Waals surface area (Å²) < 4.78 is 7.74. The summed E-state index contributed by atoms with van der Waals surface area (Å²) in [5.41, 5.74) is 6.71. The Bertz CT molecular complexity index is 1160. The molecule has 2 aliphatic rings. The number of carbonyl (C=O) groups is 1. The van der Waals surface area contributed by atoms with Gasteiger partial charge in [-0.05, 0) is 62.3 Å². The summed E-state index contributed by atoms with van der Waals surface area (Å²) in [6.07, 6.45) is 4.33. The number of methoxy groups -OCH3 is 1. The monoisotopic (exact) mass is 432 g/mol. The Morgan fingerprint density at radius 3 is 2.56 bits per heavy atom. The van der Waals surface area contributed by atoms with E-state index in [2.05, 4.69) is 47.6 Å². The Labute approximate surface area is 189 Å². The van der Waals surface area contributed by atoms with Gasteiger partial charge in [0.05, 0.1) is 5.52 Å². The molecule has 1 aromatic carbocycles. The molecule has 0 spiro atoms. The van der Waals surface area contributed by atoms with E-state index in [1.807, 2.05) is 11.0 Å². The third-order valence-corrected chi connectivity index (χ3v) is 7.15. The summed E-state index contributed by atoms with van der Waals surface area (Å²) in [7, 11) is 1.72. The highest BCUT2D eigenvalue weighted by Gasteiger charge is 2.27. The number of nitrogens with zero attached hydrogens (tertiary/aromatic N) is 4. The number of benzene rings is 1. The average Bonchev–Trinajstić information content (AvgIpc) is 3.08. The van der Waals surface area contributed by atoms with Crippen molar-refractivity contribution in [3.63, 3.8) is 0 Å². The molecule has 0 atom stereocenters. The fourth-order valence-electron chi connectivity index (χ4n) is 5.20. The number of anilines is 1. The number of hydrogen-bond acceptors (Lipinski definition) is 4. The molecule has 5 rings (SSSR count). The van der Waals surface area contributed by atoms with Crippen LogP contribution in [-0.4, -0.2) is 47.1 Å². The van der Waals surface area contributed by atoms with Crippen LogP contribution in [0.5, 0.6) is 0 Å². The fraction of sp³-hybridized carbons (Fsp3) is 0.462. The maximum absolute atomic E-state index is 13.4. The number of carbonyl (C=O) groups excluding carboxylic acids is 1. The van der Waals surface area contributed by atoms with Crippen LogP contribution in [0.2, 0.25) is 0 Å². The van der Waals surface area contributed by atoms with Crippen LogP contribution in [0, 0.1) is 13.8 Å². The van der Waals surface area contributed by atoms with E-state index in [4.69, 9.17) is 9.72 Å². The minimum atomic E-state index is 0.0572. The van der Waals surface area contributed by atoms with Gasteiger partial charge in [-0.15, -0.1) is 0 Å². The van der Waals surface area contributed by atoms with Crippen LogP contribution in [0.1, 0.15) is 52.1 Å². The Morgan fingerprint density at radius 2 is 1.81 bits per heavy atom. The van der Waals surface area contributed by atoms with Crippen molar-refractivity contribution >= 4 is 22.6 Å². The molecule has 3 aromatic rings. The predicted octanol–water partition coefficient (Wildman–Crippen LogP) is 4.45. The molecule has 168 valence electrons. The van der Waals surface area contributed by atoms with Gasteiger partial charge in [0, 0.05) is 44.4 Å². The van der Waals surface area contributed by atoms with Crippen molar-refractivity contribution in [1.82, 2.24) is 14.5 Å². The molecule has 2 aromatic heterocycles. The van der Waals surface area contributed by atoms with E-state index in [1.165, 1.54) is 23.1 Å². The zero-order valence-electron chi connectivity index (χ0n) is 19.4. The lowest BCUT2D eigenvalue weighted by Crippen LogP contribution is -2.37. The Balaban J connectivity index is 1.65. The molecule has 6 nitrogen and oxygen atoms in total. The molecule has 32 heavy (non-hydrogen) atoms. The predicted molar refractivity (Wildman–Crippen MR) is 127 cm³/mol. The van der Waals surface area contributed by atoms with Gasteiger partial charge in [0.2, 0.25) is 0 Å². The highest BCUT2D eigenvalue weighted by atomic mass is 16.5. The van der Waals surface area contributed by atoms with Crippen molar-refractivity contribution in [2.45, 2.75) is 52.8 Å². The topological polar surface area (TPSA) is 50.6 Å². The molecule has 0 N–H and O–H groups in total. The van der Waals surface area contributed by atoms with Gasteiger partial charge in [-0.3, -0.25) is 4.79 Å². The van der Waals surface area contributed by atoms with Crippen LogP contribution < -0.4 is 4.90 Å². The summed E-state index contributed by atoms with van der Waals surface area (Å²) in [5, 5.41) is 1.10. The summed E-state index contributed by atoms with van der Waals surface area (Å²) in [5.74, 6) is 0.951. The van der Waals surface area contributed by atoms with Crippen LogP contribution in [-0.2, 0) is 24.4 Å². The molecule has 1 fully saturated rings. The van der Waals surface area contributed by atoms with Gasteiger partial charge in [0.1, 0.15) is 12.4 Å². The van der Waals surface area contributed by atoms with Crippen molar-refractivity contribution in [1.29, 1.82) is 0 Å². The minimum absolute atomic E-state index is 0.0572. The van der Waals surface area contributed by atoms with Gasteiger partial charge < -0.3 is 19.1 Å². The molecule has 0 bridgehead atoms. The Kier molecular flexibility index (Phi) is 5.64. The van der Waals surface area contributed by atoms with Crippen LogP contribution in [0.15, 0.2) is 30.3 Å². The highest BCUT2D eigenvalue weighted by molar-refractivity contribution is 6.01. The largest absolute Gasteiger partial charge is 0.364 e. The van der Waals surface area contributed by atoms with Crippen molar-refractivity contribution in [3.8, 4) is 0 Å². The standard InChI is InChI=1S/C26H32N4O2/c1-18-19(2)30(17-32-3)24-22(18)15-23(26(31)28-12-7-4-8-13-28)27-25(24)29-14-11-20-9-5-6-10-21(20)16-29/h5-6,9-10,15H,4,7-8,11-14,16-17H2,1-3H3. The molecule has 0 radical (unpaired) electrons. The van der Waals surface area contributed by atoms with Gasteiger partial charge in [0.25, 0.3) is 5.91 Å². The van der Waals surface area contributed by atoms with E-state index < -0.39 is 0 Å².